The highest BCUT2D eigenvalue weighted by atomic mass is 79.9. The minimum absolute atomic E-state index is 0.0768. The first-order valence-electron chi connectivity index (χ1n) is 6.48. The van der Waals surface area contributed by atoms with Crippen LogP contribution in [0.2, 0.25) is 0 Å². The van der Waals surface area contributed by atoms with Gasteiger partial charge in [-0.3, -0.25) is 9.59 Å². The van der Waals surface area contributed by atoms with Crippen molar-refractivity contribution in [3.8, 4) is 0 Å². The Kier molecular flexibility index (Phi) is 4.75. The predicted octanol–water partition coefficient (Wildman–Crippen LogP) is 3.42. The van der Waals surface area contributed by atoms with E-state index in [1.165, 1.54) is 12.1 Å². The van der Waals surface area contributed by atoms with Gasteiger partial charge in [0, 0.05) is 4.47 Å². The van der Waals surface area contributed by atoms with E-state index in [2.05, 4.69) is 21.2 Å². The maximum absolute atomic E-state index is 13.7. The molecule has 1 saturated carbocycles. The fraction of sp³-hybridized carbons (Fsp3) is 0.429. The summed E-state index contributed by atoms with van der Waals surface area (Å²) in [4.78, 5) is 23.3. The zero-order valence-corrected chi connectivity index (χ0v) is 12.3. The van der Waals surface area contributed by atoms with Crippen molar-refractivity contribution in [1.29, 1.82) is 0 Å². The van der Waals surface area contributed by atoms with Crippen LogP contribution in [0.5, 0.6) is 0 Å². The summed E-state index contributed by atoms with van der Waals surface area (Å²) < 4.78 is 14.3. The van der Waals surface area contributed by atoms with E-state index in [4.69, 9.17) is 5.11 Å². The number of halogens is 2. The maximum Gasteiger partial charge on any atom is 0.307 e. The molecule has 0 aliphatic heterocycles. The average molecular weight is 344 g/mol. The summed E-state index contributed by atoms with van der Waals surface area (Å²) in [6.07, 6.45) is 2.66. The largest absolute Gasteiger partial charge is 0.481 e. The topological polar surface area (TPSA) is 66.4 Å². The number of hydrogen-bond donors (Lipinski definition) is 2. The Morgan fingerprint density at radius 1 is 1.25 bits per heavy atom. The minimum Gasteiger partial charge on any atom is -0.481 e. The van der Waals surface area contributed by atoms with Gasteiger partial charge in [-0.1, -0.05) is 28.8 Å². The van der Waals surface area contributed by atoms with Gasteiger partial charge >= 0.3 is 5.97 Å². The lowest BCUT2D eigenvalue weighted by Crippen LogP contribution is -2.36. The molecule has 1 aliphatic rings. The Balaban J connectivity index is 2.12. The van der Waals surface area contributed by atoms with Crippen molar-refractivity contribution in [2.75, 3.05) is 5.32 Å². The fourth-order valence-electron chi connectivity index (χ4n) is 2.56. The maximum atomic E-state index is 13.7. The molecule has 2 unspecified atom stereocenters. The van der Waals surface area contributed by atoms with E-state index in [9.17, 15) is 14.0 Å². The van der Waals surface area contributed by atoms with Gasteiger partial charge in [-0.2, -0.15) is 0 Å². The van der Waals surface area contributed by atoms with Gasteiger partial charge in [0.25, 0.3) is 0 Å². The van der Waals surface area contributed by atoms with Crippen molar-refractivity contribution < 1.29 is 19.1 Å². The molecule has 2 rings (SSSR count). The number of aliphatic carboxylic acids is 1. The molecule has 2 N–H and O–H groups in total. The van der Waals surface area contributed by atoms with Gasteiger partial charge in [-0.05, 0) is 31.0 Å². The molecule has 0 spiro atoms. The van der Waals surface area contributed by atoms with Gasteiger partial charge < -0.3 is 10.4 Å². The second-order valence-electron chi connectivity index (χ2n) is 4.95. The SMILES string of the molecule is O=C(O)C1CCCCC1C(=O)Nc1ccc(Br)cc1F. The van der Waals surface area contributed by atoms with Crippen LogP contribution in [0.3, 0.4) is 0 Å². The van der Waals surface area contributed by atoms with Crippen molar-refractivity contribution >= 4 is 33.5 Å². The molecule has 0 heterocycles. The smallest absolute Gasteiger partial charge is 0.307 e. The zero-order valence-electron chi connectivity index (χ0n) is 10.7. The lowest BCUT2D eigenvalue weighted by Gasteiger charge is -2.27. The Labute approximate surface area is 124 Å². The lowest BCUT2D eigenvalue weighted by molar-refractivity contribution is -0.147. The third-order valence-electron chi connectivity index (χ3n) is 3.61. The van der Waals surface area contributed by atoms with Crippen molar-refractivity contribution in [3.63, 3.8) is 0 Å². The van der Waals surface area contributed by atoms with Crippen molar-refractivity contribution in [2.45, 2.75) is 25.7 Å². The number of nitrogens with one attached hydrogen (secondary N) is 1. The van der Waals surface area contributed by atoms with Crippen LogP contribution in [0.4, 0.5) is 10.1 Å². The van der Waals surface area contributed by atoms with Gasteiger partial charge in [-0.25, -0.2) is 4.39 Å². The summed E-state index contributed by atoms with van der Waals surface area (Å²) in [5, 5.41) is 11.6. The molecule has 0 bridgehead atoms. The van der Waals surface area contributed by atoms with Crippen molar-refractivity contribution in [1.82, 2.24) is 0 Å². The van der Waals surface area contributed by atoms with Crippen molar-refractivity contribution in [2.24, 2.45) is 11.8 Å². The van der Waals surface area contributed by atoms with Crippen LogP contribution in [0, 0.1) is 17.7 Å². The normalized spacial score (nSPS) is 22.3. The number of hydrogen-bond acceptors (Lipinski definition) is 2. The number of carbonyl (C=O) groups is 2. The Hall–Kier alpha value is -1.43. The summed E-state index contributed by atoms with van der Waals surface area (Å²) in [6, 6.07) is 4.33. The Morgan fingerprint density at radius 2 is 1.90 bits per heavy atom. The summed E-state index contributed by atoms with van der Waals surface area (Å²) in [7, 11) is 0. The van der Waals surface area contributed by atoms with E-state index in [1.54, 1.807) is 6.07 Å². The second kappa shape index (κ2) is 6.35. The highest BCUT2D eigenvalue weighted by Gasteiger charge is 2.35. The van der Waals surface area contributed by atoms with E-state index in [1.807, 2.05) is 0 Å². The monoisotopic (exact) mass is 343 g/mol. The van der Waals surface area contributed by atoms with Crippen LogP contribution in [0.1, 0.15) is 25.7 Å². The standard InChI is InChI=1S/C14H15BrFNO3/c15-8-5-6-12(11(16)7-8)17-13(18)9-3-1-2-4-10(9)14(19)20/h5-7,9-10H,1-4H2,(H,17,18)(H,19,20). The number of anilines is 1. The van der Waals surface area contributed by atoms with Crippen LogP contribution in [0.15, 0.2) is 22.7 Å². The van der Waals surface area contributed by atoms with Gasteiger partial charge in [0.2, 0.25) is 5.91 Å². The first-order valence-corrected chi connectivity index (χ1v) is 7.27. The van der Waals surface area contributed by atoms with E-state index >= 15 is 0 Å². The number of rotatable bonds is 3. The quantitative estimate of drug-likeness (QED) is 0.883. The summed E-state index contributed by atoms with van der Waals surface area (Å²) >= 11 is 3.14. The molecule has 0 saturated heterocycles. The van der Waals surface area contributed by atoms with Crippen LogP contribution >= 0.6 is 15.9 Å². The molecular formula is C14H15BrFNO3. The highest BCUT2D eigenvalue weighted by Crippen LogP contribution is 2.31. The molecule has 0 aromatic heterocycles. The van der Waals surface area contributed by atoms with Crippen LogP contribution in [-0.2, 0) is 9.59 Å². The first kappa shape index (κ1) is 15.0. The molecule has 1 amide bonds. The lowest BCUT2D eigenvalue weighted by atomic mass is 9.78. The van der Waals surface area contributed by atoms with Crippen LogP contribution < -0.4 is 5.32 Å². The summed E-state index contributed by atoms with van der Waals surface area (Å²) in [5.74, 6) is -3.19. The van der Waals surface area contributed by atoms with Gasteiger partial charge in [-0.15, -0.1) is 0 Å². The molecule has 0 radical (unpaired) electrons. The molecule has 1 aliphatic carbocycles. The molecule has 20 heavy (non-hydrogen) atoms. The average Bonchev–Trinajstić information content (AvgIpc) is 2.41. The van der Waals surface area contributed by atoms with Gasteiger partial charge in [0.05, 0.1) is 17.5 Å². The molecular weight excluding hydrogens is 329 g/mol. The first-order chi connectivity index (χ1) is 9.49. The van der Waals surface area contributed by atoms with Crippen LogP contribution in [0.25, 0.3) is 0 Å². The third-order valence-corrected chi connectivity index (χ3v) is 4.10. The number of benzene rings is 1. The second-order valence-corrected chi connectivity index (χ2v) is 5.86. The number of carboxylic acids is 1. The third kappa shape index (κ3) is 3.36. The minimum atomic E-state index is -0.957. The van der Waals surface area contributed by atoms with Crippen molar-refractivity contribution in [3.05, 3.63) is 28.5 Å². The fourth-order valence-corrected chi connectivity index (χ4v) is 2.89. The molecule has 1 aromatic rings. The Bertz CT molecular complexity index is 535. The van der Waals surface area contributed by atoms with E-state index in [0.717, 1.165) is 12.8 Å². The molecule has 108 valence electrons. The van der Waals surface area contributed by atoms with Gasteiger partial charge in [0.1, 0.15) is 5.82 Å². The van der Waals surface area contributed by atoms with E-state index in [0.29, 0.717) is 17.3 Å². The predicted molar refractivity (Wildman–Crippen MR) is 75.8 cm³/mol. The molecule has 2 atom stereocenters. The molecule has 1 aromatic carbocycles. The highest BCUT2D eigenvalue weighted by molar-refractivity contribution is 9.10. The molecule has 1 fully saturated rings. The number of amides is 1. The summed E-state index contributed by atoms with van der Waals surface area (Å²) in [5.41, 5.74) is 0.0768. The van der Waals surface area contributed by atoms with Crippen LogP contribution in [-0.4, -0.2) is 17.0 Å². The number of carbonyl (C=O) groups excluding carboxylic acids is 1. The van der Waals surface area contributed by atoms with Gasteiger partial charge in [0.15, 0.2) is 0 Å². The molecule has 4 nitrogen and oxygen atoms in total. The Morgan fingerprint density at radius 3 is 2.50 bits per heavy atom. The number of carboxylic acid groups (broad SMARTS) is 1. The zero-order chi connectivity index (χ0) is 14.7. The summed E-state index contributed by atoms with van der Waals surface area (Å²) in [6.45, 7) is 0. The van der Waals surface area contributed by atoms with E-state index < -0.39 is 29.5 Å². The molecule has 6 heteroatoms. The van der Waals surface area contributed by atoms with E-state index in [-0.39, 0.29) is 5.69 Å².